The third kappa shape index (κ3) is 3.68. The Hall–Kier alpha value is -0.710. The average Bonchev–Trinajstić information content (AvgIpc) is 3.07. The Morgan fingerprint density at radius 3 is 2.18 bits per heavy atom. The first-order valence-corrected chi connectivity index (χ1v) is 13.7. The predicted octanol–water partition coefficient (Wildman–Crippen LogP) is 5.68. The third-order valence-corrected chi connectivity index (χ3v) is 12.0. The van der Waals surface area contributed by atoms with Gasteiger partial charge in [0.15, 0.2) is 0 Å². The van der Waals surface area contributed by atoms with Crippen LogP contribution in [0.2, 0.25) is 0 Å². The molecule has 4 heteroatoms. The summed E-state index contributed by atoms with van der Waals surface area (Å²) in [5, 5.41) is 33.4. The minimum absolute atomic E-state index is 0.0339. The maximum absolute atomic E-state index is 12.9. The molecule has 4 fully saturated rings. The first-order valence-electron chi connectivity index (χ1n) is 13.7. The lowest BCUT2D eigenvalue weighted by atomic mass is 9.35. The summed E-state index contributed by atoms with van der Waals surface area (Å²) in [5.41, 5.74) is -1.99. The summed E-state index contributed by atoms with van der Waals surface area (Å²) < 4.78 is 0. The van der Waals surface area contributed by atoms with Crippen LogP contribution in [-0.2, 0) is 4.79 Å². The lowest BCUT2D eigenvalue weighted by molar-refractivity contribution is -0.232. The molecule has 194 valence electrons. The zero-order valence-corrected chi connectivity index (χ0v) is 22.9. The fourth-order valence-electron chi connectivity index (χ4n) is 9.99. The van der Waals surface area contributed by atoms with E-state index in [0.29, 0.717) is 30.5 Å². The van der Waals surface area contributed by atoms with Gasteiger partial charge in [0.2, 0.25) is 0 Å². The molecule has 0 aromatic carbocycles. The Bertz CT molecular complexity index is 850. The van der Waals surface area contributed by atoms with Crippen molar-refractivity contribution in [2.45, 2.75) is 124 Å². The minimum atomic E-state index is -0.922. The number of carbonyl (C=O) groups is 1. The molecule has 0 saturated heterocycles. The van der Waals surface area contributed by atoms with Crippen LogP contribution in [0.5, 0.6) is 0 Å². The van der Waals surface area contributed by atoms with Crippen molar-refractivity contribution in [2.75, 3.05) is 0 Å². The molecule has 4 aliphatic rings. The number of aliphatic hydroxyl groups is 3. The molecule has 0 aromatic heterocycles. The van der Waals surface area contributed by atoms with E-state index in [1.165, 1.54) is 0 Å². The SMILES string of the molecule is CC(C)(O)C=CCC(C)(O)C1CC[C@]2(C)C1[C@H](O)CC1[C@@]3(C)CCC(=O)C(C)(C)C3CC[C@]12C. The molecule has 5 unspecified atom stereocenters. The molecule has 4 nitrogen and oxygen atoms in total. The van der Waals surface area contributed by atoms with Gasteiger partial charge in [-0.3, -0.25) is 4.79 Å². The molecule has 0 spiro atoms. The first-order chi connectivity index (χ1) is 15.4. The summed E-state index contributed by atoms with van der Waals surface area (Å²) >= 11 is 0. The quantitative estimate of drug-likeness (QED) is 0.458. The van der Waals surface area contributed by atoms with Crippen LogP contribution in [0.25, 0.3) is 0 Å². The predicted molar refractivity (Wildman–Crippen MR) is 136 cm³/mol. The number of Topliss-reactive ketones (excluding diaryl/α,β-unsaturated/α-hetero) is 1. The van der Waals surface area contributed by atoms with Crippen LogP contribution in [0.4, 0.5) is 0 Å². The number of fused-ring (bicyclic) bond motifs is 5. The highest BCUT2D eigenvalue weighted by Crippen LogP contribution is 2.75. The second-order valence-corrected chi connectivity index (χ2v) is 14.7. The van der Waals surface area contributed by atoms with Crippen molar-refractivity contribution in [3.05, 3.63) is 12.2 Å². The highest BCUT2D eigenvalue weighted by molar-refractivity contribution is 5.85. The monoisotopic (exact) mass is 474 g/mol. The highest BCUT2D eigenvalue weighted by atomic mass is 16.3. The molecular formula is C30H50O4. The fourth-order valence-corrected chi connectivity index (χ4v) is 9.99. The lowest BCUT2D eigenvalue weighted by Crippen LogP contribution is -2.66. The third-order valence-electron chi connectivity index (χ3n) is 12.0. The molecule has 34 heavy (non-hydrogen) atoms. The van der Waals surface area contributed by atoms with Crippen LogP contribution in [0.15, 0.2) is 12.2 Å². The van der Waals surface area contributed by atoms with E-state index in [9.17, 15) is 20.1 Å². The summed E-state index contributed by atoms with van der Waals surface area (Å²) in [4.78, 5) is 12.9. The van der Waals surface area contributed by atoms with Crippen LogP contribution in [0.3, 0.4) is 0 Å². The standard InChI is InChI=1S/C30H50O4/c1-25(2,33)13-9-14-30(8,34)19-10-16-29(7)24(19)20(31)18-22-27(5)15-12-23(32)26(3,4)21(27)11-17-28(22,29)6/h9,13,19-22,24,31,33-34H,10-12,14-18H2,1-8H3/t19?,20-,21?,22?,24?,27+,28-,29-,30?/m1/s1. The zero-order valence-electron chi connectivity index (χ0n) is 22.9. The second kappa shape index (κ2) is 7.89. The summed E-state index contributed by atoms with van der Waals surface area (Å²) in [5.74, 6) is 1.28. The Kier molecular flexibility index (Phi) is 6.12. The van der Waals surface area contributed by atoms with Gasteiger partial charge < -0.3 is 15.3 Å². The topological polar surface area (TPSA) is 77.8 Å². The molecule has 0 aliphatic heterocycles. The number of ketones is 1. The van der Waals surface area contributed by atoms with Crippen molar-refractivity contribution >= 4 is 5.78 Å². The molecule has 9 atom stereocenters. The molecule has 0 heterocycles. The highest BCUT2D eigenvalue weighted by Gasteiger charge is 2.71. The minimum Gasteiger partial charge on any atom is -0.393 e. The van der Waals surface area contributed by atoms with Gasteiger partial charge in [0.25, 0.3) is 0 Å². The van der Waals surface area contributed by atoms with Gasteiger partial charge >= 0.3 is 0 Å². The zero-order chi connectivity index (χ0) is 25.5. The van der Waals surface area contributed by atoms with Crippen molar-refractivity contribution in [3.8, 4) is 0 Å². The van der Waals surface area contributed by atoms with Gasteiger partial charge in [-0.15, -0.1) is 0 Å². The molecule has 0 amide bonds. The Morgan fingerprint density at radius 2 is 1.56 bits per heavy atom. The summed E-state index contributed by atoms with van der Waals surface area (Å²) in [7, 11) is 0. The van der Waals surface area contributed by atoms with Crippen molar-refractivity contribution in [1.29, 1.82) is 0 Å². The molecule has 0 radical (unpaired) electrons. The van der Waals surface area contributed by atoms with Crippen LogP contribution in [-0.4, -0.2) is 38.4 Å². The van der Waals surface area contributed by atoms with Gasteiger partial charge in [0.1, 0.15) is 5.78 Å². The van der Waals surface area contributed by atoms with Gasteiger partial charge in [-0.25, -0.2) is 0 Å². The van der Waals surface area contributed by atoms with E-state index in [1.807, 2.05) is 13.0 Å². The maximum Gasteiger partial charge on any atom is 0.138 e. The maximum atomic E-state index is 12.9. The van der Waals surface area contributed by atoms with E-state index in [4.69, 9.17) is 0 Å². The second-order valence-electron chi connectivity index (χ2n) is 14.7. The van der Waals surface area contributed by atoms with E-state index < -0.39 is 17.3 Å². The molecule has 0 aromatic rings. The number of carbonyl (C=O) groups excluding carboxylic acids is 1. The molecule has 0 bridgehead atoms. The Morgan fingerprint density at radius 1 is 0.941 bits per heavy atom. The van der Waals surface area contributed by atoms with Crippen molar-refractivity contribution < 1.29 is 20.1 Å². The lowest BCUT2D eigenvalue weighted by Gasteiger charge is -2.69. The summed E-state index contributed by atoms with van der Waals surface area (Å²) in [6.45, 7) is 17.0. The number of hydrogen-bond donors (Lipinski definition) is 3. The van der Waals surface area contributed by atoms with Gasteiger partial charge in [-0.2, -0.15) is 0 Å². The molecule has 4 rings (SSSR count). The normalized spacial score (nSPS) is 48.2. The largest absolute Gasteiger partial charge is 0.393 e. The van der Waals surface area contributed by atoms with Gasteiger partial charge in [0, 0.05) is 11.8 Å². The van der Waals surface area contributed by atoms with Crippen molar-refractivity contribution in [3.63, 3.8) is 0 Å². The molecule has 4 saturated carbocycles. The molecule has 3 N–H and O–H groups in total. The van der Waals surface area contributed by atoms with E-state index >= 15 is 0 Å². The molecular weight excluding hydrogens is 424 g/mol. The number of aliphatic hydroxyl groups excluding tert-OH is 1. The van der Waals surface area contributed by atoms with Crippen LogP contribution >= 0.6 is 0 Å². The van der Waals surface area contributed by atoms with E-state index in [2.05, 4.69) is 34.6 Å². The van der Waals surface area contributed by atoms with Gasteiger partial charge in [-0.1, -0.05) is 46.8 Å². The van der Waals surface area contributed by atoms with Crippen molar-refractivity contribution in [1.82, 2.24) is 0 Å². The fraction of sp³-hybridized carbons (Fsp3) is 0.900. The van der Waals surface area contributed by atoms with Gasteiger partial charge in [0.05, 0.1) is 17.3 Å². The van der Waals surface area contributed by atoms with Crippen LogP contribution in [0.1, 0.15) is 107 Å². The van der Waals surface area contributed by atoms with Crippen LogP contribution in [0, 0.1) is 45.3 Å². The smallest absolute Gasteiger partial charge is 0.138 e. The number of rotatable bonds is 4. The molecule has 4 aliphatic carbocycles. The number of hydrogen-bond acceptors (Lipinski definition) is 4. The summed E-state index contributed by atoms with van der Waals surface area (Å²) in [6.07, 6.45) is 10.2. The van der Waals surface area contributed by atoms with Crippen LogP contribution < -0.4 is 0 Å². The van der Waals surface area contributed by atoms with E-state index in [-0.39, 0.29) is 33.5 Å². The summed E-state index contributed by atoms with van der Waals surface area (Å²) in [6, 6.07) is 0. The van der Waals surface area contributed by atoms with Gasteiger partial charge in [-0.05, 0) is 106 Å². The Balaban J connectivity index is 1.66. The van der Waals surface area contributed by atoms with E-state index in [0.717, 1.165) is 38.5 Å². The first kappa shape index (κ1) is 26.4. The van der Waals surface area contributed by atoms with E-state index in [1.54, 1.807) is 19.9 Å². The van der Waals surface area contributed by atoms with Crippen molar-refractivity contribution in [2.24, 2.45) is 45.3 Å². The Labute approximate surface area is 207 Å². The average molecular weight is 475 g/mol.